The molecule has 0 fully saturated rings. The first-order chi connectivity index (χ1) is 7.56. The van der Waals surface area contributed by atoms with Crippen LogP contribution in [0.15, 0.2) is 24.3 Å². The predicted octanol–water partition coefficient (Wildman–Crippen LogP) is 2.13. The van der Waals surface area contributed by atoms with Gasteiger partial charge in [0.15, 0.2) is 0 Å². The van der Waals surface area contributed by atoms with Gasteiger partial charge in [-0.15, -0.1) is 0 Å². The number of nitro groups is 1. The highest BCUT2D eigenvalue weighted by atomic mass is 16.7. The number of fused-ring (bicyclic) bond motifs is 1. The number of rotatable bonds is 2. The summed E-state index contributed by atoms with van der Waals surface area (Å²) in [5.41, 5.74) is 0.509. The van der Waals surface area contributed by atoms with Crippen LogP contribution in [0.25, 0.3) is 10.9 Å². The fraction of sp³-hybridized carbons (Fsp3) is 0. The Morgan fingerprint density at radius 1 is 1.44 bits per heavy atom. The van der Waals surface area contributed by atoms with E-state index in [4.69, 9.17) is 5.11 Å². The Bertz CT molecular complexity index is 574. The molecule has 0 bridgehead atoms. The Morgan fingerprint density at radius 2 is 2.19 bits per heavy atom. The summed E-state index contributed by atoms with van der Waals surface area (Å²) in [7, 11) is 0. The van der Waals surface area contributed by atoms with Crippen molar-refractivity contribution >= 4 is 22.7 Å². The Balaban J connectivity index is 2.45. The molecule has 0 spiro atoms. The van der Waals surface area contributed by atoms with E-state index in [0.717, 1.165) is 0 Å². The number of nitro benzene ring substituents is 1. The van der Waals surface area contributed by atoms with E-state index in [-0.39, 0.29) is 11.6 Å². The number of carbonyl (C=O) groups is 1. The molecule has 16 heavy (non-hydrogen) atoms. The second-order valence-corrected chi connectivity index (χ2v) is 3.03. The van der Waals surface area contributed by atoms with Gasteiger partial charge in [0.1, 0.15) is 0 Å². The minimum Gasteiger partial charge on any atom is -0.449 e. The first-order valence-electron chi connectivity index (χ1n) is 4.24. The van der Waals surface area contributed by atoms with Gasteiger partial charge in [-0.05, 0) is 6.07 Å². The van der Waals surface area contributed by atoms with Gasteiger partial charge < -0.3 is 14.8 Å². The maximum Gasteiger partial charge on any atom is 0.512 e. The summed E-state index contributed by atoms with van der Waals surface area (Å²) in [6.07, 6.45) is -1.44. The van der Waals surface area contributed by atoms with Crippen molar-refractivity contribution in [3.8, 4) is 5.88 Å². The monoisotopic (exact) mass is 222 g/mol. The molecule has 82 valence electrons. The van der Waals surface area contributed by atoms with Crippen LogP contribution >= 0.6 is 0 Å². The Kier molecular flexibility index (Phi) is 2.20. The molecule has 7 nitrogen and oxygen atoms in total. The van der Waals surface area contributed by atoms with Crippen molar-refractivity contribution in [2.24, 2.45) is 0 Å². The molecule has 0 unspecified atom stereocenters. The van der Waals surface area contributed by atoms with Crippen molar-refractivity contribution in [3.05, 3.63) is 34.4 Å². The molecule has 0 aliphatic carbocycles. The second kappa shape index (κ2) is 3.54. The number of nitrogens with zero attached hydrogens (tertiary/aromatic N) is 1. The van der Waals surface area contributed by atoms with Crippen LogP contribution in [-0.2, 0) is 0 Å². The maximum absolute atomic E-state index is 10.5. The lowest BCUT2D eigenvalue weighted by molar-refractivity contribution is -0.384. The van der Waals surface area contributed by atoms with Gasteiger partial charge in [-0.25, -0.2) is 4.79 Å². The van der Waals surface area contributed by atoms with Gasteiger partial charge in [0.25, 0.3) is 5.69 Å². The molecular formula is C9H6N2O5. The van der Waals surface area contributed by atoms with Crippen molar-refractivity contribution < 1.29 is 19.6 Å². The molecule has 0 atom stereocenters. The van der Waals surface area contributed by atoms with E-state index in [0.29, 0.717) is 10.9 Å². The summed E-state index contributed by atoms with van der Waals surface area (Å²) in [6.45, 7) is 0. The number of aromatic amines is 1. The number of hydrogen-bond acceptors (Lipinski definition) is 4. The molecule has 2 aromatic rings. The summed E-state index contributed by atoms with van der Waals surface area (Å²) >= 11 is 0. The molecule has 0 aliphatic rings. The smallest absolute Gasteiger partial charge is 0.449 e. The van der Waals surface area contributed by atoms with Gasteiger partial charge in [0, 0.05) is 29.1 Å². The van der Waals surface area contributed by atoms with Gasteiger partial charge in [0.05, 0.1) is 4.92 Å². The largest absolute Gasteiger partial charge is 0.512 e. The Hall–Kier alpha value is -2.57. The van der Waals surface area contributed by atoms with E-state index in [1.807, 2.05) is 0 Å². The Morgan fingerprint density at radius 3 is 2.81 bits per heavy atom. The quantitative estimate of drug-likeness (QED) is 0.460. The van der Waals surface area contributed by atoms with E-state index in [9.17, 15) is 14.9 Å². The molecule has 1 aromatic heterocycles. The molecule has 1 aromatic carbocycles. The lowest BCUT2D eigenvalue weighted by atomic mass is 10.2. The summed E-state index contributed by atoms with van der Waals surface area (Å²) < 4.78 is 4.39. The lowest BCUT2D eigenvalue weighted by Crippen LogP contribution is -2.02. The number of carboxylic acid groups (broad SMARTS) is 1. The average Bonchev–Trinajstić information content (AvgIpc) is 2.56. The Labute approximate surface area is 88.4 Å². The van der Waals surface area contributed by atoms with Gasteiger partial charge in [-0.3, -0.25) is 10.1 Å². The van der Waals surface area contributed by atoms with Crippen LogP contribution in [0.2, 0.25) is 0 Å². The zero-order valence-corrected chi connectivity index (χ0v) is 7.84. The number of benzene rings is 1. The first-order valence-corrected chi connectivity index (χ1v) is 4.24. The molecule has 1 heterocycles. The SMILES string of the molecule is O=C(O)Oc1cc2cc([N+](=O)[O-])ccc2[nH]1. The number of non-ortho nitro benzene ring substituents is 1. The fourth-order valence-corrected chi connectivity index (χ4v) is 1.36. The number of nitrogens with one attached hydrogen (secondary N) is 1. The van der Waals surface area contributed by atoms with Crippen molar-refractivity contribution in [2.75, 3.05) is 0 Å². The molecule has 0 radical (unpaired) electrons. The predicted molar refractivity (Wildman–Crippen MR) is 53.6 cm³/mol. The van der Waals surface area contributed by atoms with Crippen LogP contribution < -0.4 is 4.74 Å². The highest BCUT2D eigenvalue weighted by Crippen LogP contribution is 2.24. The van der Waals surface area contributed by atoms with Crippen molar-refractivity contribution in [1.29, 1.82) is 0 Å². The summed E-state index contributed by atoms with van der Waals surface area (Å²) in [5, 5.41) is 19.4. The molecule has 2 rings (SSSR count). The van der Waals surface area contributed by atoms with Gasteiger partial charge >= 0.3 is 6.16 Å². The molecular weight excluding hydrogens is 216 g/mol. The highest BCUT2D eigenvalue weighted by Gasteiger charge is 2.10. The molecule has 7 heteroatoms. The van der Waals surface area contributed by atoms with Crippen LogP contribution in [0, 0.1) is 10.1 Å². The van der Waals surface area contributed by atoms with E-state index in [2.05, 4.69) is 9.72 Å². The molecule has 0 aliphatic heterocycles. The van der Waals surface area contributed by atoms with Crippen LogP contribution in [0.5, 0.6) is 5.88 Å². The summed E-state index contributed by atoms with van der Waals surface area (Å²) in [6, 6.07) is 5.53. The fourth-order valence-electron chi connectivity index (χ4n) is 1.36. The number of ether oxygens (including phenoxy) is 1. The van der Waals surface area contributed by atoms with E-state index in [1.165, 1.54) is 24.3 Å². The van der Waals surface area contributed by atoms with Crippen molar-refractivity contribution in [3.63, 3.8) is 0 Å². The van der Waals surface area contributed by atoms with Crippen LogP contribution in [0.1, 0.15) is 0 Å². The lowest BCUT2D eigenvalue weighted by Gasteiger charge is -1.91. The molecule has 2 N–H and O–H groups in total. The van der Waals surface area contributed by atoms with Gasteiger partial charge in [-0.2, -0.15) is 0 Å². The van der Waals surface area contributed by atoms with Crippen LogP contribution in [0.3, 0.4) is 0 Å². The normalized spacial score (nSPS) is 10.2. The summed E-state index contributed by atoms with van der Waals surface area (Å²) in [4.78, 5) is 22.9. The molecule has 0 saturated heterocycles. The standard InChI is InChI=1S/C9H6N2O5/c12-9(13)16-8-4-5-3-6(11(14)15)1-2-7(5)10-8/h1-4,10H,(H,12,13). The zero-order chi connectivity index (χ0) is 11.7. The minimum atomic E-state index is -1.44. The van der Waals surface area contributed by atoms with Crippen LogP contribution in [0.4, 0.5) is 10.5 Å². The second-order valence-electron chi connectivity index (χ2n) is 3.03. The summed E-state index contributed by atoms with van der Waals surface area (Å²) in [5.74, 6) is 0.0306. The topological polar surface area (TPSA) is 105 Å². The van der Waals surface area contributed by atoms with Gasteiger partial charge in [-0.1, -0.05) is 0 Å². The van der Waals surface area contributed by atoms with E-state index < -0.39 is 11.1 Å². The average molecular weight is 222 g/mol. The third-order valence-electron chi connectivity index (χ3n) is 1.99. The number of aromatic nitrogens is 1. The number of hydrogen-bond donors (Lipinski definition) is 2. The number of H-pyrrole nitrogens is 1. The molecule has 0 amide bonds. The van der Waals surface area contributed by atoms with Crippen molar-refractivity contribution in [2.45, 2.75) is 0 Å². The van der Waals surface area contributed by atoms with E-state index >= 15 is 0 Å². The maximum atomic E-state index is 10.5. The third-order valence-corrected chi connectivity index (χ3v) is 1.99. The zero-order valence-electron chi connectivity index (χ0n) is 7.84. The molecule has 0 saturated carbocycles. The minimum absolute atomic E-state index is 0.0306. The highest BCUT2D eigenvalue weighted by molar-refractivity contribution is 5.84. The van der Waals surface area contributed by atoms with E-state index in [1.54, 1.807) is 0 Å². The van der Waals surface area contributed by atoms with Gasteiger partial charge in [0.2, 0.25) is 5.88 Å². The van der Waals surface area contributed by atoms with Crippen molar-refractivity contribution in [1.82, 2.24) is 4.98 Å². The van der Waals surface area contributed by atoms with Crippen LogP contribution in [-0.4, -0.2) is 21.2 Å². The third kappa shape index (κ3) is 1.78. The first kappa shape index (κ1) is 9.97.